The van der Waals surface area contributed by atoms with Crippen molar-refractivity contribution in [1.82, 2.24) is 5.32 Å². The smallest absolute Gasteiger partial charge is 0.331 e. The van der Waals surface area contributed by atoms with E-state index >= 15 is 0 Å². The molecule has 1 amide bonds. The van der Waals surface area contributed by atoms with Crippen LogP contribution in [-0.4, -0.2) is 45.4 Å². The number of amides is 1. The highest BCUT2D eigenvalue weighted by Crippen LogP contribution is 2.35. The Bertz CT molecular complexity index is 709. The predicted octanol–water partition coefficient (Wildman–Crippen LogP) is 3.11. The van der Waals surface area contributed by atoms with E-state index in [0.717, 1.165) is 25.7 Å². The predicted molar refractivity (Wildman–Crippen MR) is 106 cm³/mol. The number of methoxy groups -OCH3 is 3. The Kier molecular flexibility index (Phi) is 8.17. The summed E-state index contributed by atoms with van der Waals surface area (Å²) >= 11 is 0. The fraction of sp³-hybridized carbons (Fsp3) is 0.524. The van der Waals surface area contributed by atoms with Crippen LogP contribution in [0.25, 0.3) is 6.08 Å². The fourth-order valence-corrected chi connectivity index (χ4v) is 3.17. The number of hydrogen-bond donors (Lipinski definition) is 1. The first-order valence-corrected chi connectivity index (χ1v) is 9.47. The molecule has 1 saturated carbocycles. The number of benzene rings is 1. The van der Waals surface area contributed by atoms with Crippen molar-refractivity contribution in [3.05, 3.63) is 23.8 Å². The van der Waals surface area contributed by atoms with Gasteiger partial charge in [-0.15, -0.1) is 0 Å². The largest absolute Gasteiger partial charge is 0.496 e. The molecule has 0 unspecified atom stereocenters. The van der Waals surface area contributed by atoms with E-state index in [1.807, 2.05) is 0 Å². The average molecular weight is 391 g/mol. The van der Waals surface area contributed by atoms with Crippen molar-refractivity contribution < 1.29 is 28.5 Å². The molecule has 2 rings (SSSR count). The number of hydrogen-bond acceptors (Lipinski definition) is 6. The standard InChI is InChI=1S/C21H29NO6/c1-14(21(24)22-16-8-6-5-7-9-16)28-20(23)11-10-15-12-18(26-3)19(27-4)13-17(15)25-2/h10-14,16H,5-9H2,1-4H3,(H,22,24)/b11-10+/t14-/m1/s1. The zero-order valence-electron chi connectivity index (χ0n) is 16.9. The number of carbonyl (C=O) groups excluding carboxylic acids is 2. The lowest BCUT2D eigenvalue weighted by Gasteiger charge is -2.24. The molecule has 0 saturated heterocycles. The van der Waals surface area contributed by atoms with Crippen LogP contribution >= 0.6 is 0 Å². The van der Waals surface area contributed by atoms with Crippen molar-refractivity contribution in [2.45, 2.75) is 51.2 Å². The molecule has 1 atom stereocenters. The van der Waals surface area contributed by atoms with Gasteiger partial charge in [-0.25, -0.2) is 4.79 Å². The lowest BCUT2D eigenvalue weighted by atomic mass is 9.95. The minimum atomic E-state index is -0.855. The van der Waals surface area contributed by atoms with Crippen molar-refractivity contribution >= 4 is 18.0 Å². The highest BCUT2D eigenvalue weighted by Gasteiger charge is 2.21. The van der Waals surface area contributed by atoms with Crippen molar-refractivity contribution in [2.24, 2.45) is 0 Å². The van der Waals surface area contributed by atoms with E-state index in [1.54, 1.807) is 25.1 Å². The summed E-state index contributed by atoms with van der Waals surface area (Å²) in [5.41, 5.74) is 0.622. The minimum Gasteiger partial charge on any atom is -0.496 e. The Morgan fingerprint density at radius 3 is 2.21 bits per heavy atom. The second-order valence-electron chi connectivity index (χ2n) is 6.71. The summed E-state index contributed by atoms with van der Waals surface area (Å²) in [6.45, 7) is 1.57. The number of nitrogens with one attached hydrogen (secondary N) is 1. The quantitative estimate of drug-likeness (QED) is 0.542. The molecule has 0 aromatic heterocycles. The molecule has 28 heavy (non-hydrogen) atoms. The van der Waals surface area contributed by atoms with E-state index in [-0.39, 0.29) is 11.9 Å². The van der Waals surface area contributed by atoms with Crippen molar-refractivity contribution in [1.29, 1.82) is 0 Å². The zero-order valence-corrected chi connectivity index (χ0v) is 16.9. The number of rotatable bonds is 8. The third-order valence-electron chi connectivity index (χ3n) is 4.75. The van der Waals surface area contributed by atoms with Gasteiger partial charge in [-0.2, -0.15) is 0 Å². The topological polar surface area (TPSA) is 83.1 Å². The first kappa shape index (κ1) is 21.6. The molecular weight excluding hydrogens is 362 g/mol. The van der Waals surface area contributed by atoms with Gasteiger partial charge in [0.15, 0.2) is 17.6 Å². The van der Waals surface area contributed by atoms with Gasteiger partial charge < -0.3 is 24.3 Å². The Morgan fingerprint density at radius 2 is 1.61 bits per heavy atom. The summed E-state index contributed by atoms with van der Waals surface area (Å²) in [6.07, 6.45) is 7.36. The molecule has 1 aromatic carbocycles. The molecule has 154 valence electrons. The van der Waals surface area contributed by atoms with Crippen molar-refractivity contribution in [2.75, 3.05) is 21.3 Å². The van der Waals surface area contributed by atoms with Gasteiger partial charge in [0, 0.05) is 23.7 Å². The lowest BCUT2D eigenvalue weighted by molar-refractivity contribution is -0.150. The number of ether oxygens (including phenoxy) is 4. The van der Waals surface area contributed by atoms with Crippen LogP contribution in [0.3, 0.4) is 0 Å². The van der Waals surface area contributed by atoms with E-state index in [4.69, 9.17) is 18.9 Å². The van der Waals surface area contributed by atoms with Gasteiger partial charge in [0.05, 0.1) is 21.3 Å². The van der Waals surface area contributed by atoms with Crippen LogP contribution in [0.1, 0.15) is 44.6 Å². The van der Waals surface area contributed by atoms with Crippen LogP contribution < -0.4 is 19.5 Å². The van der Waals surface area contributed by atoms with Gasteiger partial charge >= 0.3 is 5.97 Å². The molecule has 1 fully saturated rings. The molecule has 0 heterocycles. The van der Waals surface area contributed by atoms with Gasteiger partial charge in [0.2, 0.25) is 0 Å². The monoisotopic (exact) mass is 391 g/mol. The maximum Gasteiger partial charge on any atom is 0.331 e. The van der Waals surface area contributed by atoms with Gasteiger partial charge in [-0.05, 0) is 31.9 Å². The summed E-state index contributed by atoms with van der Waals surface area (Å²) in [5.74, 6) is 0.675. The van der Waals surface area contributed by atoms with E-state index in [1.165, 1.54) is 33.8 Å². The van der Waals surface area contributed by atoms with Crippen LogP contribution in [0.5, 0.6) is 17.2 Å². The molecular formula is C21H29NO6. The highest BCUT2D eigenvalue weighted by atomic mass is 16.5. The van der Waals surface area contributed by atoms with Crippen LogP contribution in [0.15, 0.2) is 18.2 Å². The third kappa shape index (κ3) is 5.90. The minimum absolute atomic E-state index is 0.175. The summed E-state index contributed by atoms with van der Waals surface area (Å²) in [7, 11) is 4.58. The molecule has 7 heteroatoms. The molecule has 1 aliphatic carbocycles. The third-order valence-corrected chi connectivity index (χ3v) is 4.75. The highest BCUT2D eigenvalue weighted by molar-refractivity contribution is 5.91. The first-order valence-electron chi connectivity index (χ1n) is 9.47. The molecule has 0 bridgehead atoms. The molecule has 0 radical (unpaired) electrons. The van der Waals surface area contributed by atoms with Crippen LogP contribution in [0, 0.1) is 0 Å². The summed E-state index contributed by atoms with van der Waals surface area (Å²) < 4.78 is 21.0. The fourth-order valence-electron chi connectivity index (χ4n) is 3.17. The second-order valence-corrected chi connectivity index (χ2v) is 6.71. The van der Waals surface area contributed by atoms with E-state index < -0.39 is 12.1 Å². The van der Waals surface area contributed by atoms with Crippen LogP contribution in [0.2, 0.25) is 0 Å². The Balaban J connectivity index is 1.97. The molecule has 1 aromatic rings. The Morgan fingerprint density at radius 1 is 1.00 bits per heavy atom. The molecule has 1 aliphatic rings. The summed E-state index contributed by atoms with van der Waals surface area (Å²) in [5, 5.41) is 2.95. The first-order chi connectivity index (χ1) is 13.5. The second kappa shape index (κ2) is 10.6. The molecule has 1 N–H and O–H groups in total. The Labute approximate surface area is 166 Å². The Hall–Kier alpha value is -2.70. The number of carbonyl (C=O) groups is 2. The maximum absolute atomic E-state index is 12.2. The maximum atomic E-state index is 12.2. The van der Waals surface area contributed by atoms with E-state index in [9.17, 15) is 9.59 Å². The number of esters is 1. The van der Waals surface area contributed by atoms with Crippen molar-refractivity contribution in [3.63, 3.8) is 0 Å². The van der Waals surface area contributed by atoms with Crippen molar-refractivity contribution in [3.8, 4) is 17.2 Å². The summed E-state index contributed by atoms with van der Waals surface area (Å²) in [6, 6.07) is 3.54. The molecule has 7 nitrogen and oxygen atoms in total. The SMILES string of the molecule is COc1cc(OC)c(OC)cc1/C=C/C(=O)O[C@H](C)C(=O)NC1CCCCC1. The van der Waals surface area contributed by atoms with E-state index in [2.05, 4.69) is 5.32 Å². The van der Waals surface area contributed by atoms with Gasteiger partial charge in [-0.3, -0.25) is 4.79 Å². The molecule has 0 spiro atoms. The normalized spacial score (nSPS) is 15.7. The van der Waals surface area contributed by atoms with Gasteiger partial charge in [0.25, 0.3) is 5.91 Å². The van der Waals surface area contributed by atoms with Crippen LogP contribution in [0.4, 0.5) is 0 Å². The van der Waals surface area contributed by atoms with Gasteiger partial charge in [0.1, 0.15) is 5.75 Å². The van der Waals surface area contributed by atoms with E-state index in [0.29, 0.717) is 22.8 Å². The zero-order chi connectivity index (χ0) is 20.5. The van der Waals surface area contributed by atoms with Gasteiger partial charge in [-0.1, -0.05) is 19.3 Å². The lowest BCUT2D eigenvalue weighted by Crippen LogP contribution is -2.42. The summed E-state index contributed by atoms with van der Waals surface area (Å²) in [4.78, 5) is 24.3. The average Bonchev–Trinajstić information content (AvgIpc) is 2.72. The van der Waals surface area contributed by atoms with Crippen LogP contribution in [-0.2, 0) is 14.3 Å². The molecule has 0 aliphatic heterocycles.